The Morgan fingerprint density at radius 2 is 2.45 bits per heavy atom. The molecule has 0 bridgehead atoms. The van der Waals surface area contributed by atoms with E-state index in [1.165, 1.54) is 23.3 Å². The van der Waals surface area contributed by atoms with Crippen molar-refractivity contribution < 1.29 is 0 Å². The lowest BCUT2D eigenvalue weighted by atomic mass is 10.5. The van der Waals surface area contributed by atoms with Crippen molar-refractivity contribution in [3.63, 3.8) is 0 Å². The van der Waals surface area contributed by atoms with Crippen LogP contribution in [0.25, 0.3) is 6.08 Å². The normalized spacial score (nSPS) is 12.0. The predicted molar refractivity (Wildman–Crippen MR) is 49.5 cm³/mol. The number of hydrogen-bond donors (Lipinski definition) is 1. The SMILES string of the molecule is CSc1nsc(/C=C(\C)N)n1. The Kier molecular flexibility index (Phi) is 2.90. The smallest absolute Gasteiger partial charge is 0.200 e. The largest absolute Gasteiger partial charge is 0.402 e. The van der Waals surface area contributed by atoms with Crippen molar-refractivity contribution >= 4 is 29.4 Å². The van der Waals surface area contributed by atoms with Gasteiger partial charge in [0.15, 0.2) is 5.16 Å². The van der Waals surface area contributed by atoms with Crippen LogP contribution in [0.15, 0.2) is 10.9 Å². The number of hydrogen-bond acceptors (Lipinski definition) is 5. The van der Waals surface area contributed by atoms with E-state index in [1.54, 1.807) is 0 Å². The minimum Gasteiger partial charge on any atom is -0.402 e. The van der Waals surface area contributed by atoms with Crippen LogP contribution in [0.2, 0.25) is 0 Å². The molecule has 0 saturated heterocycles. The molecule has 60 valence electrons. The summed E-state index contributed by atoms with van der Waals surface area (Å²) >= 11 is 2.90. The Bertz CT molecular complexity index is 263. The molecular weight excluding hydrogens is 178 g/mol. The monoisotopic (exact) mass is 187 g/mol. The third-order valence-corrected chi connectivity index (χ3v) is 2.28. The van der Waals surface area contributed by atoms with Gasteiger partial charge in [-0.05, 0) is 30.8 Å². The van der Waals surface area contributed by atoms with Gasteiger partial charge in [-0.3, -0.25) is 0 Å². The van der Waals surface area contributed by atoms with E-state index in [2.05, 4.69) is 9.36 Å². The lowest BCUT2D eigenvalue weighted by molar-refractivity contribution is 1.07. The van der Waals surface area contributed by atoms with E-state index in [-0.39, 0.29) is 0 Å². The van der Waals surface area contributed by atoms with Crippen LogP contribution in [0.1, 0.15) is 11.9 Å². The van der Waals surface area contributed by atoms with Crippen molar-refractivity contribution in [1.29, 1.82) is 0 Å². The number of aromatic nitrogens is 2. The summed E-state index contributed by atoms with van der Waals surface area (Å²) < 4.78 is 4.08. The minimum atomic E-state index is 0.758. The van der Waals surface area contributed by atoms with Crippen LogP contribution in [0.5, 0.6) is 0 Å². The van der Waals surface area contributed by atoms with Gasteiger partial charge in [-0.1, -0.05) is 11.8 Å². The maximum atomic E-state index is 5.47. The molecule has 0 spiro atoms. The Labute approximate surface area is 73.9 Å². The summed E-state index contributed by atoms with van der Waals surface area (Å²) in [7, 11) is 0. The summed E-state index contributed by atoms with van der Waals surface area (Å²) in [5, 5.41) is 1.68. The van der Waals surface area contributed by atoms with Crippen LogP contribution in [0, 0.1) is 0 Å². The van der Waals surface area contributed by atoms with Gasteiger partial charge in [-0.15, -0.1) is 0 Å². The molecule has 11 heavy (non-hydrogen) atoms. The predicted octanol–water partition coefficient (Wildman–Crippen LogP) is 1.58. The highest BCUT2D eigenvalue weighted by atomic mass is 32.2. The van der Waals surface area contributed by atoms with Crippen molar-refractivity contribution in [1.82, 2.24) is 9.36 Å². The third-order valence-electron chi connectivity index (χ3n) is 0.957. The second-order valence-corrected chi connectivity index (χ2v) is 3.56. The third kappa shape index (κ3) is 2.51. The Morgan fingerprint density at radius 3 is 2.91 bits per heavy atom. The molecule has 5 heteroatoms. The summed E-state index contributed by atoms with van der Waals surface area (Å²) in [6.45, 7) is 1.83. The maximum absolute atomic E-state index is 5.47. The number of nitrogens with two attached hydrogens (primary N) is 1. The fraction of sp³-hybridized carbons (Fsp3) is 0.333. The highest BCUT2D eigenvalue weighted by Gasteiger charge is 1.98. The second-order valence-electron chi connectivity index (χ2n) is 2.01. The van der Waals surface area contributed by atoms with Crippen LogP contribution in [0.3, 0.4) is 0 Å². The van der Waals surface area contributed by atoms with Gasteiger partial charge in [-0.2, -0.15) is 4.37 Å². The minimum absolute atomic E-state index is 0.758. The summed E-state index contributed by atoms with van der Waals surface area (Å²) in [4.78, 5) is 4.18. The first-order valence-corrected chi connectivity index (χ1v) is 5.03. The van der Waals surface area contributed by atoms with Gasteiger partial charge in [0, 0.05) is 5.70 Å². The van der Waals surface area contributed by atoms with E-state index < -0.39 is 0 Å². The van der Waals surface area contributed by atoms with Crippen LogP contribution in [-0.4, -0.2) is 15.6 Å². The summed E-state index contributed by atoms with van der Waals surface area (Å²) in [6.07, 6.45) is 3.77. The zero-order chi connectivity index (χ0) is 8.27. The van der Waals surface area contributed by atoms with Gasteiger partial charge in [0.2, 0.25) is 0 Å². The standard InChI is InChI=1S/C6H9N3S2/c1-4(7)3-5-8-6(10-2)9-11-5/h3H,7H2,1-2H3/b4-3+. The average molecular weight is 187 g/mol. The molecule has 1 rings (SSSR count). The molecule has 0 aliphatic carbocycles. The van der Waals surface area contributed by atoms with Crippen molar-refractivity contribution in [3.8, 4) is 0 Å². The molecule has 0 unspecified atom stereocenters. The van der Waals surface area contributed by atoms with E-state index >= 15 is 0 Å². The van der Waals surface area contributed by atoms with Crippen LogP contribution in [-0.2, 0) is 0 Å². The molecule has 0 aliphatic heterocycles. The topological polar surface area (TPSA) is 51.8 Å². The fourth-order valence-corrected chi connectivity index (χ4v) is 1.79. The molecule has 0 radical (unpaired) electrons. The maximum Gasteiger partial charge on any atom is 0.200 e. The molecule has 3 nitrogen and oxygen atoms in total. The van der Waals surface area contributed by atoms with Gasteiger partial charge >= 0.3 is 0 Å². The molecule has 1 aromatic heterocycles. The van der Waals surface area contributed by atoms with Crippen molar-refractivity contribution in [2.75, 3.05) is 6.26 Å². The second kappa shape index (κ2) is 3.73. The first-order valence-electron chi connectivity index (χ1n) is 3.04. The molecule has 0 aliphatic rings. The molecule has 0 atom stereocenters. The molecule has 0 fully saturated rings. The van der Waals surface area contributed by atoms with Crippen molar-refractivity contribution in [2.24, 2.45) is 5.73 Å². The number of nitrogens with zero attached hydrogens (tertiary/aromatic N) is 2. The van der Waals surface area contributed by atoms with Crippen LogP contribution >= 0.6 is 23.3 Å². The quantitative estimate of drug-likeness (QED) is 0.714. The van der Waals surface area contributed by atoms with E-state index in [1.807, 2.05) is 19.3 Å². The molecule has 2 N–H and O–H groups in total. The fourth-order valence-electron chi connectivity index (χ4n) is 0.557. The van der Waals surface area contributed by atoms with E-state index in [0.717, 1.165) is 15.9 Å². The zero-order valence-electron chi connectivity index (χ0n) is 6.37. The zero-order valence-corrected chi connectivity index (χ0v) is 8.00. The lowest BCUT2D eigenvalue weighted by Gasteiger charge is -1.84. The number of thioether (sulfide) groups is 1. The number of rotatable bonds is 2. The average Bonchev–Trinajstić information content (AvgIpc) is 2.34. The van der Waals surface area contributed by atoms with Crippen LogP contribution in [0.4, 0.5) is 0 Å². The van der Waals surface area contributed by atoms with Crippen molar-refractivity contribution in [2.45, 2.75) is 12.1 Å². The van der Waals surface area contributed by atoms with E-state index in [0.29, 0.717) is 0 Å². The highest BCUT2D eigenvalue weighted by molar-refractivity contribution is 7.98. The molecule has 0 aromatic carbocycles. The van der Waals surface area contributed by atoms with Gasteiger partial charge < -0.3 is 5.73 Å². The van der Waals surface area contributed by atoms with Gasteiger partial charge in [0.25, 0.3) is 0 Å². The van der Waals surface area contributed by atoms with Gasteiger partial charge in [0.05, 0.1) is 0 Å². The van der Waals surface area contributed by atoms with Crippen molar-refractivity contribution in [3.05, 3.63) is 10.7 Å². The molecule has 0 amide bonds. The van der Waals surface area contributed by atoms with Gasteiger partial charge in [-0.25, -0.2) is 4.98 Å². The Balaban J connectivity index is 2.81. The number of allylic oxidation sites excluding steroid dienone is 1. The first-order chi connectivity index (χ1) is 5.22. The Hall–Kier alpha value is -0.550. The molecular formula is C6H9N3S2. The molecule has 1 heterocycles. The molecule has 1 aromatic rings. The van der Waals surface area contributed by atoms with Gasteiger partial charge in [0.1, 0.15) is 5.01 Å². The van der Waals surface area contributed by atoms with E-state index in [9.17, 15) is 0 Å². The summed E-state index contributed by atoms with van der Waals surface area (Å²) in [5.41, 5.74) is 6.23. The summed E-state index contributed by atoms with van der Waals surface area (Å²) in [6, 6.07) is 0. The van der Waals surface area contributed by atoms with E-state index in [4.69, 9.17) is 5.73 Å². The Morgan fingerprint density at radius 1 is 1.73 bits per heavy atom. The lowest BCUT2D eigenvalue weighted by Crippen LogP contribution is -1.88. The van der Waals surface area contributed by atoms with Crippen LogP contribution < -0.4 is 5.73 Å². The summed E-state index contributed by atoms with van der Waals surface area (Å²) in [5.74, 6) is 0. The first kappa shape index (κ1) is 8.55. The molecule has 0 saturated carbocycles. The highest BCUT2D eigenvalue weighted by Crippen LogP contribution is 2.14.